The molecule has 1 aromatic carbocycles. The predicted molar refractivity (Wildman–Crippen MR) is 111 cm³/mol. The second-order valence-electron chi connectivity index (χ2n) is 7.05. The van der Waals surface area contributed by atoms with E-state index in [0.717, 1.165) is 36.7 Å². The highest BCUT2D eigenvalue weighted by Gasteiger charge is 2.19. The second kappa shape index (κ2) is 9.19. The molecule has 29 heavy (non-hydrogen) atoms. The molecular formula is C21H27N5O3. The summed E-state index contributed by atoms with van der Waals surface area (Å²) in [6, 6.07) is 9.60. The van der Waals surface area contributed by atoms with Crippen molar-refractivity contribution < 1.29 is 14.3 Å². The first-order valence-corrected chi connectivity index (χ1v) is 10.2. The molecule has 1 amide bonds. The van der Waals surface area contributed by atoms with E-state index in [1.54, 1.807) is 0 Å². The van der Waals surface area contributed by atoms with E-state index in [1.165, 1.54) is 0 Å². The first kappa shape index (κ1) is 19.6. The largest absolute Gasteiger partial charge is 0.378 e. The predicted octanol–water partition coefficient (Wildman–Crippen LogP) is 1.88. The Kier molecular flexibility index (Phi) is 6.21. The van der Waals surface area contributed by atoms with Crippen LogP contribution in [0.1, 0.15) is 17.3 Å². The molecule has 4 rings (SSSR count). The Morgan fingerprint density at radius 2 is 1.66 bits per heavy atom. The molecule has 2 aromatic rings. The summed E-state index contributed by atoms with van der Waals surface area (Å²) in [5.41, 5.74) is 2.48. The molecule has 0 radical (unpaired) electrons. The van der Waals surface area contributed by atoms with Crippen LogP contribution >= 0.6 is 0 Å². The van der Waals surface area contributed by atoms with Gasteiger partial charge in [0.1, 0.15) is 5.82 Å². The van der Waals surface area contributed by atoms with Crippen molar-refractivity contribution in [1.82, 2.24) is 14.9 Å². The lowest BCUT2D eigenvalue weighted by Gasteiger charge is -2.27. The lowest BCUT2D eigenvalue weighted by molar-refractivity contribution is 0.0303. The van der Waals surface area contributed by atoms with Gasteiger partial charge >= 0.3 is 0 Å². The summed E-state index contributed by atoms with van der Waals surface area (Å²) in [7, 11) is 0. The van der Waals surface area contributed by atoms with Crippen molar-refractivity contribution in [2.45, 2.75) is 6.92 Å². The molecule has 0 unspecified atom stereocenters. The Morgan fingerprint density at radius 1 is 1.00 bits per heavy atom. The van der Waals surface area contributed by atoms with E-state index in [0.29, 0.717) is 51.0 Å². The summed E-state index contributed by atoms with van der Waals surface area (Å²) >= 11 is 0. The number of hydrogen-bond donors (Lipinski definition) is 1. The highest BCUT2D eigenvalue weighted by molar-refractivity contribution is 5.94. The highest BCUT2D eigenvalue weighted by atomic mass is 16.5. The summed E-state index contributed by atoms with van der Waals surface area (Å²) < 4.78 is 10.8. The van der Waals surface area contributed by atoms with E-state index in [2.05, 4.69) is 15.2 Å². The van der Waals surface area contributed by atoms with Crippen molar-refractivity contribution in [3.8, 4) is 11.3 Å². The van der Waals surface area contributed by atoms with Crippen molar-refractivity contribution in [3.05, 3.63) is 35.9 Å². The minimum atomic E-state index is 0.0462. The third-order valence-corrected chi connectivity index (χ3v) is 5.09. The van der Waals surface area contributed by atoms with Crippen LogP contribution in [-0.4, -0.2) is 79.9 Å². The molecule has 3 heterocycles. The number of rotatable bonds is 5. The molecule has 8 heteroatoms. The Balaban J connectivity index is 1.57. The molecule has 0 bridgehead atoms. The normalized spacial score (nSPS) is 17.3. The van der Waals surface area contributed by atoms with Gasteiger partial charge in [-0.3, -0.25) is 4.79 Å². The highest BCUT2D eigenvalue weighted by Crippen LogP contribution is 2.24. The number of benzene rings is 1. The van der Waals surface area contributed by atoms with E-state index >= 15 is 0 Å². The van der Waals surface area contributed by atoms with Crippen molar-refractivity contribution in [3.63, 3.8) is 0 Å². The van der Waals surface area contributed by atoms with Crippen LogP contribution in [-0.2, 0) is 9.47 Å². The number of carbonyl (C=O) groups excluding carboxylic acids is 1. The number of hydrogen-bond acceptors (Lipinski definition) is 7. The molecule has 0 aliphatic carbocycles. The molecule has 0 spiro atoms. The third kappa shape index (κ3) is 4.65. The summed E-state index contributed by atoms with van der Waals surface area (Å²) in [5, 5.41) is 3.29. The average molecular weight is 397 g/mol. The average Bonchev–Trinajstić information content (AvgIpc) is 2.80. The number of nitrogens with one attached hydrogen (secondary N) is 1. The number of morpholine rings is 2. The summed E-state index contributed by atoms with van der Waals surface area (Å²) in [6.07, 6.45) is 0. The van der Waals surface area contributed by atoms with E-state index in [4.69, 9.17) is 14.5 Å². The minimum Gasteiger partial charge on any atom is -0.378 e. The smallest absolute Gasteiger partial charge is 0.254 e. The van der Waals surface area contributed by atoms with Crippen molar-refractivity contribution in [2.75, 3.05) is 69.4 Å². The zero-order chi connectivity index (χ0) is 20.1. The molecule has 1 aromatic heterocycles. The Morgan fingerprint density at radius 3 is 2.31 bits per heavy atom. The van der Waals surface area contributed by atoms with Gasteiger partial charge in [-0.15, -0.1) is 0 Å². The molecule has 1 N–H and O–H groups in total. The van der Waals surface area contributed by atoms with Crippen molar-refractivity contribution >= 4 is 17.7 Å². The van der Waals surface area contributed by atoms with Gasteiger partial charge in [-0.05, 0) is 19.1 Å². The van der Waals surface area contributed by atoms with E-state index in [-0.39, 0.29) is 5.91 Å². The zero-order valence-corrected chi connectivity index (χ0v) is 16.8. The monoisotopic (exact) mass is 397 g/mol. The van der Waals surface area contributed by atoms with Crippen molar-refractivity contribution in [1.29, 1.82) is 0 Å². The van der Waals surface area contributed by atoms with Crippen LogP contribution in [0.3, 0.4) is 0 Å². The maximum atomic E-state index is 12.7. The molecule has 2 aliphatic heterocycles. The zero-order valence-electron chi connectivity index (χ0n) is 16.8. The minimum absolute atomic E-state index is 0.0462. The van der Waals surface area contributed by atoms with Gasteiger partial charge < -0.3 is 24.6 Å². The molecule has 154 valence electrons. The van der Waals surface area contributed by atoms with Gasteiger partial charge in [0, 0.05) is 49.9 Å². The van der Waals surface area contributed by atoms with Crippen LogP contribution in [0.5, 0.6) is 0 Å². The number of anilines is 2. The van der Waals surface area contributed by atoms with Gasteiger partial charge in [0.25, 0.3) is 5.91 Å². The van der Waals surface area contributed by atoms with Crippen LogP contribution in [0.4, 0.5) is 11.8 Å². The fraction of sp³-hybridized carbons (Fsp3) is 0.476. The number of aromatic nitrogens is 2. The molecule has 2 saturated heterocycles. The first-order valence-electron chi connectivity index (χ1n) is 10.2. The van der Waals surface area contributed by atoms with Crippen LogP contribution < -0.4 is 10.2 Å². The van der Waals surface area contributed by atoms with Crippen LogP contribution in [0.25, 0.3) is 11.3 Å². The molecular weight excluding hydrogens is 370 g/mol. The number of nitrogens with zero attached hydrogens (tertiary/aromatic N) is 4. The SMILES string of the molecule is CCNc1cc(-c2ccc(C(=O)N3CCOCC3)cc2)nc(N2CCOCC2)n1. The van der Waals surface area contributed by atoms with Gasteiger partial charge in [0.15, 0.2) is 0 Å². The Hall–Kier alpha value is -2.71. The van der Waals surface area contributed by atoms with Crippen LogP contribution in [0.15, 0.2) is 30.3 Å². The summed E-state index contributed by atoms with van der Waals surface area (Å²) in [5.74, 6) is 1.55. The van der Waals surface area contributed by atoms with Gasteiger partial charge in [-0.2, -0.15) is 4.98 Å². The number of amides is 1. The molecule has 2 fully saturated rings. The maximum absolute atomic E-state index is 12.7. The summed E-state index contributed by atoms with van der Waals surface area (Å²) in [6.45, 7) is 8.23. The van der Waals surface area contributed by atoms with Crippen LogP contribution in [0.2, 0.25) is 0 Å². The standard InChI is InChI=1S/C21H27N5O3/c1-2-22-19-15-18(23-21(24-19)26-9-13-29-14-10-26)16-3-5-17(6-4-16)20(27)25-7-11-28-12-8-25/h3-6,15H,2,7-14H2,1H3,(H,22,23,24). The lowest BCUT2D eigenvalue weighted by atomic mass is 10.1. The quantitative estimate of drug-likeness (QED) is 0.825. The van der Waals surface area contributed by atoms with Crippen LogP contribution in [0, 0.1) is 0 Å². The summed E-state index contributed by atoms with van der Waals surface area (Å²) in [4.78, 5) is 26.1. The lowest BCUT2D eigenvalue weighted by Crippen LogP contribution is -2.40. The third-order valence-electron chi connectivity index (χ3n) is 5.09. The Labute approximate surface area is 170 Å². The first-order chi connectivity index (χ1) is 14.2. The molecule has 0 saturated carbocycles. The van der Waals surface area contributed by atoms with E-state index < -0.39 is 0 Å². The van der Waals surface area contributed by atoms with Gasteiger partial charge in [-0.1, -0.05) is 12.1 Å². The van der Waals surface area contributed by atoms with Gasteiger partial charge in [0.2, 0.25) is 5.95 Å². The fourth-order valence-corrected chi connectivity index (χ4v) is 3.49. The maximum Gasteiger partial charge on any atom is 0.254 e. The fourth-order valence-electron chi connectivity index (χ4n) is 3.49. The van der Waals surface area contributed by atoms with E-state index in [1.807, 2.05) is 42.2 Å². The Bertz CT molecular complexity index is 831. The molecule has 8 nitrogen and oxygen atoms in total. The van der Waals surface area contributed by atoms with Crippen molar-refractivity contribution in [2.24, 2.45) is 0 Å². The molecule has 2 aliphatic rings. The van der Waals surface area contributed by atoms with Gasteiger partial charge in [0.05, 0.1) is 32.1 Å². The van der Waals surface area contributed by atoms with Gasteiger partial charge in [-0.25, -0.2) is 4.98 Å². The molecule has 0 atom stereocenters. The number of carbonyl (C=O) groups is 1. The number of ether oxygens (including phenoxy) is 2. The second-order valence-corrected chi connectivity index (χ2v) is 7.05. The topological polar surface area (TPSA) is 79.8 Å². The van der Waals surface area contributed by atoms with E-state index in [9.17, 15) is 4.79 Å².